The molecule has 124 valence electrons. The van der Waals surface area contributed by atoms with E-state index in [1.807, 2.05) is 0 Å². The van der Waals surface area contributed by atoms with Crippen LogP contribution < -0.4 is 9.47 Å². The molecule has 2 aromatic carbocycles. The summed E-state index contributed by atoms with van der Waals surface area (Å²) in [6, 6.07) is 8.07. The van der Waals surface area contributed by atoms with Gasteiger partial charge in [0.05, 0.1) is 26.1 Å². The van der Waals surface area contributed by atoms with Gasteiger partial charge in [-0.05, 0) is 29.8 Å². The second kappa shape index (κ2) is 6.04. The predicted molar refractivity (Wildman–Crippen MR) is 87.6 cm³/mol. The minimum atomic E-state index is -0.354. The molecule has 0 aliphatic rings. The maximum absolute atomic E-state index is 10.2. The third-order valence-corrected chi connectivity index (χ3v) is 3.73. The van der Waals surface area contributed by atoms with Gasteiger partial charge < -0.3 is 24.8 Å². The monoisotopic (exact) mass is 328 g/mol. The number of hydrogen-bond donors (Lipinski definition) is 4. The minimum Gasteiger partial charge on any atom is -0.504 e. The van der Waals surface area contributed by atoms with E-state index in [4.69, 9.17) is 9.47 Å². The van der Waals surface area contributed by atoms with Gasteiger partial charge in [-0.2, -0.15) is 5.10 Å². The second-order valence-electron chi connectivity index (χ2n) is 5.06. The van der Waals surface area contributed by atoms with Crippen molar-refractivity contribution in [1.29, 1.82) is 0 Å². The standard InChI is InChI=1S/C17H16N2O5/c1-23-13-5-3-9(7-12(13)20)11-8-18-19-15(11)10-4-6-14(24-2)17(22)16(10)21/h3-8,20-22H,1-2H3,(H,18,19). The number of nitrogens with one attached hydrogen (secondary N) is 1. The summed E-state index contributed by atoms with van der Waals surface area (Å²) in [5.74, 6) is -0.164. The first-order chi connectivity index (χ1) is 11.6. The largest absolute Gasteiger partial charge is 0.504 e. The molecule has 7 nitrogen and oxygen atoms in total. The summed E-state index contributed by atoms with van der Waals surface area (Å²) in [7, 11) is 2.87. The number of benzene rings is 2. The second-order valence-corrected chi connectivity index (χ2v) is 5.06. The van der Waals surface area contributed by atoms with Crippen LogP contribution in [0.4, 0.5) is 0 Å². The summed E-state index contributed by atoms with van der Waals surface area (Å²) in [4.78, 5) is 0. The summed E-state index contributed by atoms with van der Waals surface area (Å²) in [5, 5.41) is 37.0. The summed E-state index contributed by atoms with van der Waals surface area (Å²) in [5.41, 5.74) is 2.17. The molecule has 0 unspecified atom stereocenters. The van der Waals surface area contributed by atoms with E-state index in [2.05, 4.69) is 10.2 Å². The Labute approximate surface area is 137 Å². The van der Waals surface area contributed by atoms with Crippen LogP contribution in [0, 0.1) is 0 Å². The lowest BCUT2D eigenvalue weighted by Gasteiger charge is -2.11. The van der Waals surface area contributed by atoms with Gasteiger partial charge in [-0.15, -0.1) is 0 Å². The Hall–Kier alpha value is -3.35. The van der Waals surface area contributed by atoms with Crippen molar-refractivity contribution in [3.63, 3.8) is 0 Å². The fourth-order valence-electron chi connectivity index (χ4n) is 2.50. The minimum absolute atomic E-state index is 0.0102. The molecular formula is C17H16N2O5. The first-order valence-electron chi connectivity index (χ1n) is 7.06. The predicted octanol–water partition coefficient (Wildman–Crippen LogP) is 2.88. The van der Waals surface area contributed by atoms with Crippen LogP contribution in [0.5, 0.6) is 28.7 Å². The van der Waals surface area contributed by atoms with Crippen molar-refractivity contribution >= 4 is 0 Å². The molecule has 3 rings (SSSR count). The molecule has 0 bridgehead atoms. The van der Waals surface area contributed by atoms with Crippen molar-refractivity contribution in [1.82, 2.24) is 10.2 Å². The number of rotatable bonds is 4. The highest BCUT2D eigenvalue weighted by atomic mass is 16.5. The lowest BCUT2D eigenvalue weighted by Crippen LogP contribution is -1.89. The van der Waals surface area contributed by atoms with Gasteiger partial charge in [0.2, 0.25) is 5.75 Å². The topological polar surface area (TPSA) is 108 Å². The van der Waals surface area contributed by atoms with E-state index in [0.717, 1.165) is 0 Å². The zero-order valence-electron chi connectivity index (χ0n) is 13.1. The van der Waals surface area contributed by atoms with E-state index in [0.29, 0.717) is 28.1 Å². The molecule has 1 aromatic heterocycles. The van der Waals surface area contributed by atoms with Gasteiger partial charge in [0, 0.05) is 11.1 Å². The molecule has 0 amide bonds. The Kier molecular flexibility index (Phi) is 3.91. The molecule has 24 heavy (non-hydrogen) atoms. The van der Waals surface area contributed by atoms with Gasteiger partial charge in [0.1, 0.15) is 0 Å². The number of phenolic OH excluding ortho intramolecular Hbond substituents is 3. The normalized spacial score (nSPS) is 10.6. The molecule has 4 N–H and O–H groups in total. The van der Waals surface area contributed by atoms with Crippen LogP contribution in [-0.4, -0.2) is 39.7 Å². The highest BCUT2D eigenvalue weighted by molar-refractivity contribution is 5.85. The van der Waals surface area contributed by atoms with Gasteiger partial charge in [-0.25, -0.2) is 0 Å². The van der Waals surface area contributed by atoms with Crippen molar-refractivity contribution in [3.05, 3.63) is 36.5 Å². The Balaban J connectivity index is 2.12. The molecule has 0 fully saturated rings. The van der Waals surface area contributed by atoms with Crippen LogP contribution in [0.1, 0.15) is 0 Å². The number of ether oxygens (including phenoxy) is 2. The van der Waals surface area contributed by atoms with Crippen molar-refractivity contribution in [2.24, 2.45) is 0 Å². The smallest absolute Gasteiger partial charge is 0.201 e. The first kappa shape index (κ1) is 15.5. The molecule has 0 atom stereocenters. The number of methoxy groups -OCH3 is 2. The third-order valence-electron chi connectivity index (χ3n) is 3.73. The molecule has 1 heterocycles. The van der Waals surface area contributed by atoms with Crippen LogP contribution in [0.3, 0.4) is 0 Å². The molecular weight excluding hydrogens is 312 g/mol. The third kappa shape index (κ3) is 2.45. The highest BCUT2D eigenvalue weighted by Crippen LogP contribution is 2.45. The van der Waals surface area contributed by atoms with Crippen LogP contribution in [0.15, 0.2) is 36.5 Å². The average Bonchev–Trinajstić information content (AvgIpc) is 3.06. The molecule has 0 saturated heterocycles. The van der Waals surface area contributed by atoms with E-state index < -0.39 is 0 Å². The fourth-order valence-corrected chi connectivity index (χ4v) is 2.50. The van der Waals surface area contributed by atoms with Gasteiger partial charge in [0.25, 0.3) is 0 Å². The van der Waals surface area contributed by atoms with Gasteiger partial charge in [-0.1, -0.05) is 6.07 Å². The Morgan fingerprint density at radius 3 is 2.25 bits per heavy atom. The van der Waals surface area contributed by atoms with Gasteiger partial charge in [-0.3, -0.25) is 5.10 Å². The van der Waals surface area contributed by atoms with Crippen LogP contribution in [0.2, 0.25) is 0 Å². The zero-order valence-corrected chi connectivity index (χ0v) is 13.1. The maximum Gasteiger partial charge on any atom is 0.201 e. The SMILES string of the molecule is COc1ccc(-c2cn[nH]c2-c2ccc(OC)c(O)c2O)cc1O. The van der Waals surface area contributed by atoms with Crippen molar-refractivity contribution in [2.45, 2.75) is 0 Å². The van der Waals surface area contributed by atoms with E-state index in [-0.39, 0.29) is 23.0 Å². The van der Waals surface area contributed by atoms with Gasteiger partial charge in [0.15, 0.2) is 23.0 Å². The zero-order chi connectivity index (χ0) is 17.3. The number of nitrogens with zero attached hydrogens (tertiary/aromatic N) is 1. The molecule has 0 spiro atoms. The molecule has 0 aliphatic carbocycles. The quantitative estimate of drug-likeness (QED) is 0.549. The van der Waals surface area contributed by atoms with Crippen LogP contribution in [-0.2, 0) is 0 Å². The average molecular weight is 328 g/mol. The maximum atomic E-state index is 10.2. The highest BCUT2D eigenvalue weighted by Gasteiger charge is 2.19. The number of H-pyrrole nitrogens is 1. The van der Waals surface area contributed by atoms with E-state index in [1.165, 1.54) is 20.3 Å². The van der Waals surface area contributed by atoms with Gasteiger partial charge >= 0.3 is 0 Å². The number of hydrogen-bond acceptors (Lipinski definition) is 6. The lowest BCUT2D eigenvalue weighted by molar-refractivity contribution is 0.351. The fraction of sp³-hybridized carbons (Fsp3) is 0.118. The number of aromatic amines is 1. The molecule has 0 saturated carbocycles. The Bertz CT molecular complexity index is 889. The molecule has 3 aromatic rings. The summed E-state index contributed by atoms with van der Waals surface area (Å²) in [6.07, 6.45) is 1.57. The van der Waals surface area contributed by atoms with Crippen molar-refractivity contribution < 1.29 is 24.8 Å². The number of phenols is 3. The molecule has 7 heteroatoms. The van der Waals surface area contributed by atoms with Crippen LogP contribution in [0.25, 0.3) is 22.4 Å². The van der Waals surface area contributed by atoms with E-state index in [9.17, 15) is 15.3 Å². The molecule has 0 aliphatic heterocycles. The Morgan fingerprint density at radius 2 is 1.58 bits per heavy atom. The summed E-state index contributed by atoms with van der Waals surface area (Å²) >= 11 is 0. The first-order valence-corrected chi connectivity index (χ1v) is 7.06. The number of aromatic hydroxyl groups is 3. The van der Waals surface area contributed by atoms with Crippen LogP contribution >= 0.6 is 0 Å². The van der Waals surface area contributed by atoms with E-state index >= 15 is 0 Å². The van der Waals surface area contributed by atoms with Crippen molar-refractivity contribution in [3.8, 4) is 51.1 Å². The number of aromatic nitrogens is 2. The van der Waals surface area contributed by atoms with E-state index in [1.54, 1.807) is 30.5 Å². The molecule has 0 radical (unpaired) electrons. The lowest BCUT2D eigenvalue weighted by atomic mass is 10.0. The summed E-state index contributed by atoms with van der Waals surface area (Å²) in [6.45, 7) is 0. The Morgan fingerprint density at radius 1 is 0.875 bits per heavy atom. The summed E-state index contributed by atoms with van der Waals surface area (Å²) < 4.78 is 10.0. The van der Waals surface area contributed by atoms with Crippen molar-refractivity contribution in [2.75, 3.05) is 14.2 Å².